The van der Waals surface area contributed by atoms with Crippen LogP contribution >= 0.6 is 0 Å². The Labute approximate surface area is 90.5 Å². The van der Waals surface area contributed by atoms with Crippen molar-refractivity contribution in [2.75, 3.05) is 0 Å². The Bertz CT molecular complexity index is 584. The number of imidazole rings is 1. The van der Waals surface area contributed by atoms with Gasteiger partial charge in [-0.2, -0.15) is 0 Å². The number of H-pyrrole nitrogens is 1. The maximum atomic E-state index is 11.6. The Hall–Kier alpha value is -2.11. The molecule has 6 heteroatoms. The van der Waals surface area contributed by atoms with Gasteiger partial charge in [0.05, 0.1) is 11.4 Å². The number of carboxylic acid groups (broad SMARTS) is 1. The summed E-state index contributed by atoms with van der Waals surface area (Å²) in [5.74, 6) is -1.54. The van der Waals surface area contributed by atoms with Crippen molar-refractivity contribution in [2.45, 2.75) is 13.5 Å². The third kappa shape index (κ3) is 1.69. The number of hydrogen-bond donors (Lipinski definition) is 2. The molecule has 0 aliphatic rings. The van der Waals surface area contributed by atoms with E-state index in [1.54, 1.807) is 25.3 Å². The lowest BCUT2D eigenvalue weighted by Gasteiger charge is -2.06. The van der Waals surface area contributed by atoms with Crippen molar-refractivity contribution >= 4 is 17.1 Å². The molecule has 0 aliphatic heterocycles. The van der Waals surface area contributed by atoms with E-state index < -0.39 is 11.9 Å². The number of nitrogens with one attached hydrogen (secondary N) is 1. The average molecular weight is 221 g/mol. The zero-order valence-corrected chi connectivity index (χ0v) is 8.67. The number of aromatic amines is 1. The zero-order valence-electron chi connectivity index (χ0n) is 8.67. The van der Waals surface area contributed by atoms with Crippen molar-refractivity contribution in [1.82, 2.24) is 14.5 Å². The van der Waals surface area contributed by atoms with Crippen LogP contribution in [0.2, 0.25) is 0 Å². The third-order valence-electron chi connectivity index (χ3n) is 2.43. The van der Waals surface area contributed by atoms with E-state index in [0.29, 0.717) is 11.2 Å². The Morgan fingerprint density at radius 1 is 1.69 bits per heavy atom. The zero-order chi connectivity index (χ0) is 11.7. The van der Waals surface area contributed by atoms with Crippen LogP contribution in [-0.4, -0.2) is 25.6 Å². The number of carboxylic acids is 1. The van der Waals surface area contributed by atoms with Crippen LogP contribution in [0.1, 0.15) is 6.92 Å². The molecule has 2 rings (SSSR count). The SMILES string of the molecule is CC(Cn1c(=O)[nH]c2ncccc21)C(=O)O. The van der Waals surface area contributed by atoms with Crippen molar-refractivity contribution in [3.8, 4) is 0 Å². The number of aromatic nitrogens is 3. The molecule has 0 radical (unpaired) electrons. The Kier molecular flexibility index (Phi) is 2.47. The summed E-state index contributed by atoms with van der Waals surface area (Å²) < 4.78 is 1.39. The second kappa shape index (κ2) is 3.80. The molecular formula is C10H11N3O3. The fraction of sp³-hybridized carbons (Fsp3) is 0.300. The van der Waals surface area contributed by atoms with Gasteiger partial charge in [0.1, 0.15) is 0 Å². The molecule has 2 aromatic heterocycles. The van der Waals surface area contributed by atoms with Gasteiger partial charge in [-0.15, -0.1) is 0 Å². The fourth-order valence-electron chi connectivity index (χ4n) is 1.52. The lowest BCUT2D eigenvalue weighted by Crippen LogP contribution is -2.24. The van der Waals surface area contributed by atoms with Crippen molar-refractivity contribution in [1.29, 1.82) is 0 Å². The van der Waals surface area contributed by atoms with Crippen molar-refractivity contribution < 1.29 is 9.90 Å². The molecular weight excluding hydrogens is 210 g/mol. The van der Waals surface area contributed by atoms with E-state index in [4.69, 9.17) is 5.11 Å². The van der Waals surface area contributed by atoms with Gasteiger partial charge in [0.15, 0.2) is 5.65 Å². The van der Waals surface area contributed by atoms with Crippen molar-refractivity contribution in [3.05, 3.63) is 28.8 Å². The second-order valence-electron chi connectivity index (χ2n) is 3.65. The highest BCUT2D eigenvalue weighted by Crippen LogP contribution is 2.08. The highest BCUT2D eigenvalue weighted by molar-refractivity contribution is 5.72. The maximum absolute atomic E-state index is 11.6. The van der Waals surface area contributed by atoms with Crippen LogP contribution in [0, 0.1) is 5.92 Å². The summed E-state index contributed by atoms with van der Waals surface area (Å²) in [6, 6.07) is 3.44. The molecule has 0 bridgehead atoms. The first kappa shape index (κ1) is 10.4. The van der Waals surface area contributed by atoms with Crippen LogP contribution in [0.5, 0.6) is 0 Å². The van der Waals surface area contributed by atoms with E-state index in [9.17, 15) is 9.59 Å². The first-order valence-electron chi connectivity index (χ1n) is 4.86. The van der Waals surface area contributed by atoms with Crippen LogP contribution < -0.4 is 5.69 Å². The predicted molar refractivity (Wildman–Crippen MR) is 57.2 cm³/mol. The third-order valence-corrected chi connectivity index (χ3v) is 2.43. The summed E-state index contributed by atoms with van der Waals surface area (Å²) in [6.45, 7) is 1.70. The minimum absolute atomic E-state index is 0.139. The average Bonchev–Trinajstić information content (AvgIpc) is 2.55. The highest BCUT2D eigenvalue weighted by atomic mass is 16.4. The van der Waals surface area contributed by atoms with Gasteiger partial charge in [0.25, 0.3) is 0 Å². The van der Waals surface area contributed by atoms with E-state index in [-0.39, 0.29) is 12.2 Å². The summed E-state index contributed by atoms with van der Waals surface area (Å²) in [7, 11) is 0. The normalized spacial score (nSPS) is 12.8. The standard InChI is InChI=1S/C10H11N3O3/c1-6(9(14)15)5-13-7-3-2-4-11-8(7)12-10(13)16/h2-4,6H,5H2,1H3,(H,14,15)(H,11,12,16). The number of aliphatic carboxylic acids is 1. The molecule has 1 atom stereocenters. The first-order chi connectivity index (χ1) is 7.59. The summed E-state index contributed by atoms with van der Waals surface area (Å²) in [5.41, 5.74) is 0.771. The number of nitrogens with zero attached hydrogens (tertiary/aromatic N) is 2. The molecule has 0 amide bonds. The van der Waals surface area contributed by atoms with Crippen molar-refractivity contribution in [2.24, 2.45) is 5.92 Å². The fourth-order valence-corrected chi connectivity index (χ4v) is 1.52. The monoisotopic (exact) mass is 221 g/mol. The molecule has 0 spiro atoms. The Morgan fingerprint density at radius 2 is 2.44 bits per heavy atom. The van der Waals surface area contributed by atoms with Crippen LogP contribution in [0.15, 0.2) is 23.1 Å². The van der Waals surface area contributed by atoms with E-state index in [1.165, 1.54) is 4.57 Å². The molecule has 2 aromatic rings. The van der Waals surface area contributed by atoms with Gasteiger partial charge in [-0.1, -0.05) is 6.92 Å². The predicted octanol–water partition coefficient (Wildman–Crippen LogP) is 0.445. The number of fused-ring (bicyclic) bond motifs is 1. The molecule has 84 valence electrons. The summed E-state index contributed by atoms with van der Waals surface area (Å²) in [4.78, 5) is 28.9. The molecule has 0 fully saturated rings. The molecule has 16 heavy (non-hydrogen) atoms. The smallest absolute Gasteiger partial charge is 0.327 e. The van der Waals surface area contributed by atoms with E-state index in [1.807, 2.05) is 0 Å². The highest BCUT2D eigenvalue weighted by Gasteiger charge is 2.15. The van der Waals surface area contributed by atoms with E-state index >= 15 is 0 Å². The number of pyridine rings is 1. The largest absolute Gasteiger partial charge is 0.481 e. The van der Waals surface area contributed by atoms with Crippen molar-refractivity contribution in [3.63, 3.8) is 0 Å². The molecule has 0 saturated carbocycles. The van der Waals surface area contributed by atoms with Gasteiger partial charge in [0.2, 0.25) is 0 Å². The molecule has 2 heterocycles. The van der Waals surface area contributed by atoms with Crippen LogP contribution in [0.25, 0.3) is 11.2 Å². The summed E-state index contributed by atoms with van der Waals surface area (Å²) in [6.07, 6.45) is 1.57. The van der Waals surface area contributed by atoms with Gasteiger partial charge in [-0.25, -0.2) is 9.78 Å². The van der Waals surface area contributed by atoms with Crippen LogP contribution in [0.4, 0.5) is 0 Å². The molecule has 2 N–H and O–H groups in total. The number of hydrogen-bond acceptors (Lipinski definition) is 3. The molecule has 0 saturated heterocycles. The topological polar surface area (TPSA) is 88.0 Å². The lowest BCUT2D eigenvalue weighted by molar-refractivity contribution is -0.141. The number of rotatable bonds is 3. The maximum Gasteiger partial charge on any atom is 0.327 e. The molecule has 6 nitrogen and oxygen atoms in total. The quantitative estimate of drug-likeness (QED) is 0.787. The van der Waals surface area contributed by atoms with Gasteiger partial charge < -0.3 is 5.11 Å². The molecule has 0 aromatic carbocycles. The van der Waals surface area contributed by atoms with Crippen LogP contribution in [-0.2, 0) is 11.3 Å². The molecule has 0 aliphatic carbocycles. The summed E-state index contributed by atoms with van der Waals surface area (Å²) in [5, 5.41) is 8.80. The minimum atomic E-state index is -0.926. The lowest BCUT2D eigenvalue weighted by atomic mass is 10.2. The Balaban J connectivity index is 2.48. The van der Waals surface area contributed by atoms with Gasteiger partial charge >= 0.3 is 11.7 Å². The van der Waals surface area contributed by atoms with Gasteiger partial charge in [0, 0.05) is 12.7 Å². The minimum Gasteiger partial charge on any atom is -0.481 e. The summed E-state index contributed by atoms with van der Waals surface area (Å²) >= 11 is 0. The van der Waals surface area contributed by atoms with E-state index in [0.717, 1.165) is 0 Å². The first-order valence-corrected chi connectivity index (χ1v) is 4.86. The Morgan fingerprint density at radius 3 is 3.12 bits per heavy atom. The van der Waals surface area contributed by atoms with Crippen LogP contribution in [0.3, 0.4) is 0 Å². The molecule has 1 unspecified atom stereocenters. The number of carbonyl (C=O) groups is 1. The second-order valence-corrected chi connectivity index (χ2v) is 3.65. The van der Waals surface area contributed by atoms with Gasteiger partial charge in [-0.05, 0) is 12.1 Å². The van der Waals surface area contributed by atoms with Gasteiger partial charge in [-0.3, -0.25) is 14.3 Å². The van der Waals surface area contributed by atoms with E-state index in [2.05, 4.69) is 9.97 Å².